The van der Waals surface area contributed by atoms with Gasteiger partial charge in [-0.1, -0.05) is 0 Å². The predicted molar refractivity (Wildman–Crippen MR) is 79.1 cm³/mol. The second kappa shape index (κ2) is 9.07. The monoisotopic (exact) mass is 393 g/mol. The maximum atomic E-state index is 11.4. The first-order chi connectivity index (χ1) is 11.0. The summed E-state index contributed by atoms with van der Waals surface area (Å²) in [7, 11) is -7.73. The van der Waals surface area contributed by atoms with Crippen LogP contribution in [0.25, 0.3) is 0 Å². The number of phosphoric acid groups is 1. The molecule has 1 saturated heterocycles. The summed E-state index contributed by atoms with van der Waals surface area (Å²) in [5, 5.41) is 37.1. The van der Waals surface area contributed by atoms with E-state index in [0.29, 0.717) is 0 Å². The molecule has 1 aliphatic rings. The Hall–Kier alpha value is -0.0300. The van der Waals surface area contributed by atoms with E-state index in [9.17, 15) is 24.2 Å². The second-order valence-corrected chi connectivity index (χ2v) is 8.28. The molecule has 0 spiro atoms. The molecule has 0 aromatic carbocycles. The van der Waals surface area contributed by atoms with Gasteiger partial charge in [-0.25, -0.2) is 4.57 Å². The van der Waals surface area contributed by atoms with Gasteiger partial charge in [-0.3, -0.25) is 9.42 Å². The summed E-state index contributed by atoms with van der Waals surface area (Å²) in [6, 6.07) is 0. The molecule has 142 valence electrons. The van der Waals surface area contributed by atoms with Crippen LogP contribution in [0.1, 0.15) is 20.3 Å². The van der Waals surface area contributed by atoms with Crippen molar-refractivity contribution >= 4 is 16.1 Å². The summed E-state index contributed by atoms with van der Waals surface area (Å²) < 4.78 is 41.5. The fraction of sp³-hybridized carbons (Fsp3) is 1.00. The Morgan fingerprint density at radius 1 is 1.38 bits per heavy atom. The Balaban J connectivity index is 2.33. The molecule has 24 heavy (non-hydrogen) atoms. The van der Waals surface area contributed by atoms with Crippen molar-refractivity contribution in [2.75, 3.05) is 19.8 Å². The third-order valence-electron chi connectivity index (χ3n) is 3.28. The Morgan fingerprint density at radius 2 is 2.00 bits per heavy atom. The van der Waals surface area contributed by atoms with Gasteiger partial charge in [0.15, 0.2) is 0 Å². The fourth-order valence-corrected chi connectivity index (χ4v) is 3.65. The van der Waals surface area contributed by atoms with Gasteiger partial charge in [-0.15, -0.1) is 4.52 Å². The molecule has 1 fully saturated rings. The molecule has 1 heterocycles. The van der Waals surface area contributed by atoms with Crippen molar-refractivity contribution in [3.05, 3.63) is 0 Å². The molecule has 1 aliphatic heterocycles. The molecule has 6 unspecified atom stereocenters. The van der Waals surface area contributed by atoms with Gasteiger partial charge in [0, 0.05) is 11.0 Å². The van der Waals surface area contributed by atoms with E-state index in [-0.39, 0.29) is 13.0 Å². The molecule has 0 radical (unpaired) electrons. The largest absolute Gasteiger partial charge is 0.708 e. The third-order valence-corrected chi connectivity index (χ3v) is 5.51. The molecule has 6 atom stereocenters. The third kappa shape index (κ3) is 6.70. The SMILES string of the molecule is CC1(C)OC(CCO[P+](=O)OP(=O)(O)OCC(O)CO)C(O)C1O. The van der Waals surface area contributed by atoms with E-state index in [1.807, 2.05) is 0 Å². The average Bonchev–Trinajstić information content (AvgIpc) is 2.67. The minimum Gasteiger partial charge on any atom is -0.394 e. The van der Waals surface area contributed by atoms with E-state index in [4.69, 9.17) is 19.5 Å². The normalized spacial score (nSPS) is 30.8. The van der Waals surface area contributed by atoms with Crippen molar-refractivity contribution < 1.29 is 52.5 Å². The zero-order chi connectivity index (χ0) is 18.5. The van der Waals surface area contributed by atoms with Crippen molar-refractivity contribution in [3.8, 4) is 0 Å². The number of hydrogen-bond acceptors (Lipinski definition) is 10. The average molecular weight is 393 g/mol. The lowest BCUT2D eigenvalue weighted by molar-refractivity contribution is -0.0599. The van der Waals surface area contributed by atoms with Gasteiger partial charge >= 0.3 is 16.1 Å². The predicted octanol–water partition coefficient (Wildman–Crippen LogP) is -0.564. The van der Waals surface area contributed by atoms with Crippen LogP contribution >= 0.6 is 16.1 Å². The molecule has 11 nitrogen and oxygen atoms in total. The first-order valence-electron chi connectivity index (χ1n) is 7.08. The van der Waals surface area contributed by atoms with Crippen LogP contribution in [0, 0.1) is 0 Å². The number of rotatable bonds is 10. The molecule has 1 rings (SSSR count). The summed E-state index contributed by atoms with van der Waals surface area (Å²) in [4.78, 5) is 9.24. The molecule has 0 amide bonds. The molecule has 0 bridgehead atoms. The minimum atomic E-state index is -4.72. The summed E-state index contributed by atoms with van der Waals surface area (Å²) in [5.74, 6) is 0. The molecule has 13 heteroatoms. The Labute approximate surface area is 139 Å². The van der Waals surface area contributed by atoms with Crippen LogP contribution in [-0.4, -0.2) is 75.2 Å². The van der Waals surface area contributed by atoms with E-state index >= 15 is 0 Å². The highest BCUT2D eigenvalue weighted by molar-refractivity contribution is 7.56. The van der Waals surface area contributed by atoms with Gasteiger partial charge in [0.05, 0.1) is 24.9 Å². The maximum absolute atomic E-state index is 11.4. The van der Waals surface area contributed by atoms with E-state index in [1.165, 1.54) is 0 Å². The molecule has 0 saturated carbocycles. The fourth-order valence-electron chi connectivity index (χ4n) is 1.98. The van der Waals surface area contributed by atoms with Gasteiger partial charge in [-0.05, 0) is 18.2 Å². The Morgan fingerprint density at radius 3 is 2.50 bits per heavy atom. The van der Waals surface area contributed by atoms with Gasteiger partial charge in [0.25, 0.3) is 0 Å². The molecular weight excluding hydrogens is 370 g/mol. The standard InChI is InChI=1S/C11H22O11P2/c1-11(2)10(15)9(14)8(21-11)3-4-19-23(16)22-24(17,18)20-6-7(13)5-12/h7-10,12-15H,3-6H2,1-2H3/p+1. The number of ether oxygens (including phenoxy) is 1. The minimum absolute atomic E-state index is 0.0614. The maximum Gasteiger partial charge on any atom is 0.708 e. The highest BCUT2D eigenvalue weighted by atomic mass is 31.2. The van der Waals surface area contributed by atoms with E-state index in [0.717, 1.165) is 0 Å². The summed E-state index contributed by atoms with van der Waals surface area (Å²) in [5.41, 5.74) is -0.940. The first-order valence-corrected chi connectivity index (χ1v) is 9.67. The zero-order valence-corrected chi connectivity index (χ0v) is 15.0. The van der Waals surface area contributed by atoms with Gasteiger partial charge in [0.2, 0.25) is 0 Å². The van der Waals surface area contributed by atoms with Crippen LogP contribution in [0.5, 0.6) is 0 Å². The van der Waals surface area contributed by atoms with E-state index in [1.54, 1.807) is 13.8 Å². The first kappa shape index (κ1) is 22.0. The number of aliphatic hydroxyl groups excluding tert-OH is 4. The van der Waals surface area contributed by atoms with Crippen LogP contribution in [0.2, 0.25) is 0 Å². The molecular formula is C11H23O11P2+. The summed E-state index contributed by atoms with van der Waals surface area (Å²) in [6.45, 7) is 1.59. The highest BCUT2D eigenvalue weighted by Crippen LogP contribution is 2.52. The summed E-state index contributed by atoms with van der Waals surface area (Å²) in [6.07, 6.45) is -4.31. The number of hydrogen-bond donors (Lipinski definition) is 5. The second-order valence-electron chi connectivity index (χ2n) is 5.72. The molecule has 0 aromatic heterocycles. The van der Waals surface area contributed by atoms with Crippen LogP contribution in [0.15, 0.2) is 0 Å². The smallest absolute Gasteiger partial charge is 0.394 e. The van der Waals surface area contributed by atoms with Gasteiger partial charge < -0.3 is 25.2 Å². The highest BCUT2D eigenvalue weighted by Gasteiger charge is 2.48. The lowest BCUT2D eigenvalue weighted by atomic mass is 9.98. The lowest BCUT2D eigenvalue weighted by Crippen LogP contribution is -2.37. The zero-order valence-electron chi connectivity index (χ0n) is 13.2. The van der Waals surface area contributed by atoms with Crippen molar-refractivity contribution in [3.63, 3.8) is 0 Å². The Bertz CT molecular complexity index is 471. The number of aliphatic hydroxyl groups is 4. The number of phosphoric ester groups is 1. The van der Waals surface area contributed by atoms with Gasteiger partial charge in [-0.2, -0.15) is 0 Å². The van der Waals surface area contributed by atoms with Crippen LogP contribution in [0.3, 0.4) is 0 Å². The Kier molecular flexibility index (Phi) is 8.32. The summed E-state index contributed by atoms with van der Waals surface area (Å²) >= 11 is 0. The van der Waals surface area contributed by atoms with Crippen molar-refractivity contribution in [1.29, 1.82) is 0 Å². The molecule has 0 aliphatic carbocycles. The molecule has 0 aromatic rings. The topological polar surface area (TPSA) is 172 Å². The van der Waals surface area contributed by atoms with E-state index < -0.39 is 59.3 Å². The van der Waals surface area contributed by atoms with Crippen LogP contribution in [0.4, 0.5) is 0 Å². The van der Waals surface area contributed by atoms with Gasteiger partial charge in [0.1, 0.15) is 24.9 Å². The van der Waals surface area contributed by atoms with Crippen LogP contribution < -0.4 is 0 Å². The lowest BCUT2D eigenvalue weighted by Gasteiger charge is -2.21. The van der Waals surface area contributed by atoms with Crippen molar-refractivity contribution in [2.45, 2.75) is 50.3 Å². The van der Waals surface area contributed by atoms with Crippen molar-refractivity contribution in [2.24, 2.45) is 0 Å². The van der Waals surface area contributed by atoms with Crippen molar-refractivity contribution in [1.82, 2.24) is 0 Å². The van der Waals surface area contributed by atoms with Crippen LogP contribution in [-0.2, 0) is 27.2 Å². The van der Waals surface area contributed by atoms with E-state index in [2.05, 4.69) is 8.83 Å². The quantitative estimate of drug-likeness (QED) is 0.301. The molecule has 5 N–H and O–H groups in total.